The van der Waals surface area contributed by atoms with Crippen molar-refractivity contribution >= 4 is 22.0 Å². The average molecular weight is 301 g/mol. The third kappa shape index (κ3) is 4.98. The van der Waals surface area contributed by atoms with Gasteiger partial charge >= 0.3 is 11.9 Å². The van der Waals surface area contributed by atoms with Crippen LogP contribution in [0.3, 0.4) is 0 Å². The zero-order valence-corrected chi connectivity index (χ0v) is 11.3. The SMILES string of the molecule is O=C(O)CCCC(NS(=O)(=O)c1ccccc1)C(=O)O. The minimum atomic E-state index is -3.93. The lowest BCUT2D eigenvalue weighted by atomic mass is 10.1. The second-order valence-corrected chi connectivity index (χ2v) is 5.83. The van der Waals surface area contributed by atoms with Crippen LogP contribution in [0, 0.1) is 0 Å². The van der Waals surface area contributed by atoms with Gasteiger partial charge in [0, 0.05) is 6.42 Å². The molecule has 0 saturated carbocycles. The maximum absolute atomic E-state index is 12.0. The lowest BCUT2D eigenvalue weighted by molar-refractivity contribution is -0.140. The first kappa shape index (κ1) is 16.1. The van der Waals surface area contributed by atoms with Crippen molar-refractivity contribution in [3.05, 3.63) is 30.3 Å². The number of nitrogens with one attached hydrogen (secondary N) is 1. The van der Waals surface area contributed by atoms with Gasteiger partial charge in [0.2, 0.25) is 10.0 Å². The largest absolute Gasteiger partial charge is 0.481 e. The first-order chi connectivity index (χ1) is 9.33. The van der Waals surface area contributed by atoms with E-state index in [-0.39, 0.29) is 24.2 Å². The lowest BCUT2D eigenvalue weighted by Gasteiger charge is -2.14. The maximum Gasteiger partial charge on any atom is 0.321 e. The Balaban J connectivity index is 2.75. The number of hydrogen-bond donors (Lipinski definition) is 3. The Morgan fingerprint density at radius 3 is 2.25 bits per heavy atom. The summed E-state index contributed by atoms with van der Waals surface area (Å²) in [6.07, 6.45) is -0.228. The fourth-order valence-electron chi connectivity index (χ4n) is 1.55. The standard InChI is InChI=1S/C12H15NO6S/c14-11(15)8-4-7-10(12(16)17)13-20(18,19)9-5-2-1-3-6-9/h1-3,5-6,10,13H,4,7-8H2,(H,14,15)(H,16,17). The summed E-state index contributed by atoms with van der Waals surface area (Å²) in [4.78, 5) is 21.3. The van der Waals surface area contributed by atoms with Gasteiger partial charge in [-0.25, -0.2) is 8.42 Å². The van der Waals surface area contributed by atoms with Crippen LogP contribution in [-0.2, 0) is 19.6 Å². The van der Waals surface area contributed by atoms with E-state index in [4.69, 9.17) is 10.2 Å². The number of carboxylic acids is 2. The minimum Gasteiger partial charge on any atom is -0.481 e. The molecule has 1 unspecified atom stereocenters. The molecule has 8 heteroatoms. The van der Waals surface area contributed by atoms with Crippen molar-refractivity contribution in [3.8, 4) is 0 Å². The van der Waals surface area contributed by atoms with E-state index in [1.165, 1.54) is 24.3 Å². The van der Waals surface area contributed by atoms with Crippen LogP contribution in [-0.4, -0.2) is 36.6 Å². The molecule has 0 heterocycles. The van der Waals surface area contributed by atoms with E-state index in [2.05, 4.69) is 4.72 Å². The Bertz CT molecular complexity index is 569. The van der Waals surface area contributed by atoms with E-state index in [0.29, 0.717) is 0 Å². The van der Waals surface area contributed by atoms with Crippen molar-refractivity contribution in [2.75, 3.05) is 0 Å². The number of carboxylic acid groups (broad SMARTS) is 2. The lowest BCUT2D eigenvalue weighted by Crippen LogP contribution is -2.40. The summed E-state index contributed by atoms with van der Waals surface area (Å²) >= 11 is 0. The molecule has 1 aromatic rings. The van der Waals surface area contributed by atoms with Gasteiger partial charge in [0.1, 0.15) is 6.04 Å². The molecule has 0 bridgehead atoms. The third-order valence-corrected chi connectivity index (χ3v) is 4.02. The van der Waals surface area contributed by atoms with E-state index in [1.807, 2.05) is 0 Å². The Kier molecular flexibility index (Phi) is 5.66. The third-order valence-electron chi connectivity index (χ3n) is 2.53. The fraction of sp³-hybridized carbons (Fsp3) is 0.333. The van der Waals surface area contributed by atoms with Crippen LogP contribution in [0.25, 0.3) is 0 Å². The Hall–Kier alpha value is -1.93. The van der Waals surface area contributed by atoms with Gasteiger partial charge in [0.25, 0.3) is 0 Å². The Morgan fingerprint density at radius 2 is 1.75 bits per heavy atom. The van der Waals surface area contributed by atoms with E-state index in [0.717, 1.165) is 0 Å². The highest BCUT2D eigenvalue weighted by Gasteiger charge is 2.25. The van der Waals surface area contributed by atoms with Gasteiger partial charge in [-0.1, -0.05) is 18.2 Å². The maximum atomic E-state index is 12.0. The van der Waals surface area contributed by atoms with Gasteiger partial charge in [0.05, 0.1) is 4.90 Å². The first-order valence-corrected chi connectivity index (χ1v) is 7.33. The summed E-state index contributed by atoms with van der Waals surface area (Å²) in [7, 11) is -3.93. The molecule has 1 rings (SSSR count). The molecule has 3 N–H and O–H groups in total. The minimum absolute atomic E-state index is 0.0375. The molecule has 0 spiro atoms. The molecule has 0 aliphatic rings. The zero-order valence-electron chi connectivity index (χ0n) is 10.5. The zero-order chi connectivity index (χ0) is 15.2. The molecule has 0 amide bonds. The molecule has 1 atom stereocenters. The van der Waals surface area contributed by atoms with Gasteiger partial charge in [0.15, 0.2) is 0 Å². The molecule has 0 saturated heterocycles. The van der Waals surface area contributed by atoms with Crippen LogP contribution in [0.2, 0.25) is 0 Å². The smallest absolute Gasteiger partial charge is 0.321 e. The molecule has 0 aliphatic heterocycles. The Labute approximate surface area is 116 Å². The summed E-state index contributed by atoms with van der Waals surface area (Å²) < 4.78 is 26.0. The quantitative estimate of drug-likeness (QED) is 0.649. The van der Waals surface area contributed by atoms with Crippen LogP contribution in [0.5, 0.6) is 0 Å². The van der Waals surface area contributed by atoms with Crippen LogP contribution < -0.4 is 4.72 Å². The molecule has 0 fully saturated rings. The van der Waals surface area contributed by atoms with Crippen LogP contribution >= 0.6 is 0 Å². The van der Waals surface area contributed by atoms with Gasteiger partial charge < -0.3 is 10.2 Å². The van der Waals surface area contributed by atoms with Crippen LogP contribution in [0.4, 0.5) is 0 Å². The highest BCUT2D eigenvalue weighted by atomic mass is 32.2. The normalized spacial score (nSPS) is 12.8. The molecule has 1 aromatic carbocycles. The Morgan fingerprint density at radius 1 is 1.15 bits per heavy atom. The summed E-state index contributed by atoms with van der Waals surface area (Å²) in [5.74, 6) is -2.39. The number of hydrogen-bond acceptors (Lipinski definition) is 4. The topological polar surface area (TPSA) is 121 Å². The van der Waals surface area contributed by atoms with Crippen molar-refractivity contribution in [1.29, 1.82) is 0 Å². The van der Waals surface area contributed by atoms with Gasteiger partial charge in [-0.15, -0.1) is 0 Å². The molecule has 0 radical (unpaired) electrons. The number of carbonyl (C=O) groups is 2. The van der Waals surface area contributed by atoms with Crippen molar-refractivity contribution in [3.63, 3.8) is 0 Å². The van der Waals surface area contributed by atoms with Crippen molar-refractivity contribution in [2.24, 2.45) is 0 Å². The van der Waals surface area contributed by atoms with Gasteiger partial charge in [-0.3, -0.25) is 9.59 Å². The number of sulfonamides is 1. The summed E-state index contributed by atoms with van der Waals surface area (Å²) in [5.41, 5.74) is 0. The second kappa shape index (κ2) is 7.01. The molecule has 7 nitrogen and oxygen atoms in total. The molecular formula is C12H15NO6S. The summed E-state index contributed by atoms with van der Waals surface area (Å²) in [6, 6.07) is 6.03. The van der Waals surface area contributed by atoms with Crippen molar-refractivity contribution in [2.45, 2.75) is 30.2 Å². The van der Waals surface area contributed by atoms with Crippen LogP contribution in [0.15, 0.2) is 35.2 Å². The highest BCUT2D eigenvalue weighted by molar-refractivity contribution is 7.89. The van der Waals surface area contributed by atoms with Crippen molar-refractivity contribution in [1.82, 2.24) is 4.72 Å². The van der Waals surface area contributed by atoms with Gasteiger partial charge in [-0.2, -0.15) is 4.72 Å². The monoisotopic (exact) mass is 301 g/mol. The average Bonchev–Trinajstić information content (AvgIpc) is 2.38. The fourth-order valence-corrected chi connectivity index (χ4v) is 2.79. The van der Waals surface area contributed by atoms with E-state index >= 15 is 0 Å². The summed E-state index contributed by atoms with van der Waals surface area (Å²) in [5, 5.41) is 17.5. The number of aliphatic carboxylic acids is 2. The summed E-state index contributed by atoms with van der Waals surface area (Å²) in [6.45, 7) is 0. The molecule has 0 aromatic heterocycles. The molecule has 20 heavy (non-hydrogen) atoms. The second-order valence-electron chi connectivity index (χ2n) is 4.11. The highest BCUT2D eigenvalue weighted by Crippen LogP contribution is 2.10. The van der Waals surface area contributed by atoms with Gasteiger partial charge in [-0.05, 0) is 25.0 Å². The van der Waals surface area contributed by atoms with E-state index in [9.17, 15) is 18.0 Å². The van der Waals surface area contributed by atoms with Crippen molar-refractivity contribution < 1.29 is 28.2 Å². The predicted molar refractivity (Wildman–Crippen MR) is 69.7 cm³/mol. The first-order valence-electron chi connectivity index (χ1n) is 5.85. The molecule has 0 aliphatic carbocycles. The van der Waals surface area contributed by atoms with E-state index in [1.54, 1.807) is 6.07 Å². The molecular weight excluding hydrogens is 286 g/mol. The van der Waals surface area contributed by atoms with Crippen LogP contribution in [0.1, 0.15) is 19.3 Å². The number of rotatable bonds is 8. The van der Waals surface area contributed by atoms with E-state index < -0.39 is 28.0 Å². The number of benzene rings is 1. The predicted octanol–water partition coefficient (Wildman–Crippen LogP) is 0.673. The molecule has 110 valence electrons.